The molecule has 0 saturated carbocycles. The molecule has 0 aliphatic rings. The largest absolute Gasteiger partial charge is 0.479 e. The van der Waals surface area contributed by atoms with Crippen LogP contribution in [0.4, 0.5) is 0 Å². The molecule has 0 heterocycles. The van der Waals surface area contributed by atoms with Crippen LogP contribution in [0.3, 0.4) is 0 Å². The van der Waals surface area contributed by atoms with Crippen molar-refractivity contribution in [3.05, 3.63) is 28.8 Å². The van der Waals surface area contributed by atoms with Gasteiger partial charge in [-0.3, -0.25) is 4.79 Å². The first-order valence-electron chi connectivity index (χ1n) is 7.61. The molecule has 0 aromatic heterocycles. The summed E-state index contributed by atoms with van der Waals surface area (Å²) in [5.41, 5.74) is 0.239. The highest BCUT2D eigenvalue weighted by Crippen LogP contribution is 2.26. The first-order chi connectivity index (χ1) is 11.0. The van der Waals surface area contributed by atoms with Crippen LogP contribution < -0.4 is 10.1 Å². The fourth-order valence-corrected chi connectivity index (χ4v) is 1.90. The van der Waals surface area contributed by atoms with Crippen molar-refractivity contribution >= 4 is 23.5 Å². The van der Waals surface area contributed by atoms with Crippen molar-refractivity contribution in [1.29, 1.82) is 0 Å². The summed E-state index contributed by atoms with van der Waals surface area (Å²) in [6.45, 7) is 8.25. The van der Waals surface area contributed by atoms with Gasteiger partial charge in [0.15, 0.2) is 12.2 Å². The highest BCUT2D eigenvalue weighted by molar-refractivity contribution is 6.32. The molecule has 2 atom stereocenters. The minimum Gasteiger partial charge on any atom is -0.479 e. The molecule has 134 valence electrons. The Balaban J connectivity index is 2.52. The monoisotopic (exact) mass is 357 g/mol. The van der Waals surface area contributed by atoms with Gasteiger partial charge in [-0.15, -0.1) is 0 Å². The van der Waals surface area contributed by atoms with Gasteiger partial charge in [-0.05, 0) is 52.3 Å². The molecule has 0 fully saturated rings. The Morgan fingerprint density at radius 3 is 2.54 bits per heavy atom. The number of benzene rings is 1. The maximum absolute atomic E-state index is 12.0. The van der Waals surface area contributed by atoms with Gasteiger partial charge >= 0.3 is 5.97 Å². The molecule has 2 N–H and O–H groups in total. The summed E-state index contributed by atoms with van der Waals surface area (Å²) in [5.74, 6) is -0.875. The number of nitrogens with one attached hydrogen (secondary N) is 1. The molecule has 7 heteroatoms. The fourth-order valence-electron chi connectivity index (χ4n) is 1.74. The zero-order valence-corrected chi connectivity index (χ0v) is 15.3. The van der Waals surface area contributed by atoms with Crippen LogP contribution in [0.5, 0.6) is 5.75 Å². The lowest BCUT2D eigenvalue weighted by atomic mass is 10.2. The second-order valence-electron chi connectivity index (χ2n) is 6.49. The summed E-state index contributed by atoms with van der Waals surface area (Å²) in [7, 11) is 0. The van der Waals surface area contributed by atoms with Crippen LogP contribution in [0.2, 0.25) is 5.02 Å². The van der Waals surface area contributed by atoms with Crippen molar-refractivity contribution in [2.45, 2.75) is 52.4 Å². The third-order valence-corrected chi connectivity index (χ3v) is 3.22. The lowest BCUT2D eigenvalue weighted by molar-refractivity contribution is -0.164. The average Bonchev–Trinajstić information content (AvgIpc) is 2.46. The van der Waals surface area contributed by atoms with Crippen LogP contribution >= 0.6 is 11.6 Å². The number of aliphatic hydroxyl groups is 1. The number of esters is 1. The predicted octanol–water partition coefficient (Wildman–Crippen LogP) is 2.23. The van der Waals surface area contributed by atoms with E-state index in [2.05, 4.69) is 5.32 Å². The number of hydrogen-bond acceptors (Lipinski definition) is 5. The van der Waals surface area contributed by atoms with Gasteiger partial charge in [0.05, 0.1) is 11.6 Å². The topological polar surface area (TPSA) is 84.9 Å². The Labute approximate surface area is 147 Å². The number of halogens is 1. The third kappa shape index (κ3) is 6.76. The van der Waals surface area contributed by atoms with Gasteiger partial charge in [-0.1, -0.05) is 17.7 Å². The van der Waals surface area contributed by atoms with E-state index in [1.807, 2.05) is 13.0 Å². The number of ether oxygens (including phenoxy) is 2. The standard InChI is InChI=1S/C17H24ClNO5/c1-10-6-7-12(18)14(8-10)23-11(2)15(21)19-9-13(20)16(22)24-17(3,4)5/h6-8,11,13,20H,9H2,1-5H3,(H,19,21)/t11-,13+/m0/s1. The SMILES string of the molecule is Cc1ccc(Cl)c(O[C@@H](C)C(=O)NC[C@@H](O)C(=O)OC(C)(C)C)c1. The van der Waals surface area contributed by atoms with Crippen molar-refractivity contribution in [2.24, 2.45) is 0 Å². The molecule has 0 bridgehead atoms. The second kappa shape index (κ2) is 8.35. The molecule has 0 saturated heterocycles. The summed E-state index contributed by atoms with van der Waals surface area (Å²) in [6.07, 6.45) is -2.28. The van der Waals surface area contributed by atoms with Gasteiger partial charge in [0, 0.05) is 0 Å². The molecule has 1 aromatic rings. The molecule has 0 unspecified atom stereocenters. The summed E-state index contributed by atoms with van der Waals surface area (Å²) in [6, 6.07) is 5.24. The van der Waals surface area contributed by atoms with E-state index in [0.717, 1.165) is 5.56 Å². The molecule has 1 rings (SSSR count). The Hall–Kier alpha value is -1.79. The van der Waals surface area contributed by atoms with Crippen LogP contribution in [-0.4, -0.2) is 41.3 Å². The van der Waals surface area contributed by atoms with E-state index in [1.54, 1.807) is 39.8 Å². The minimum absolute atomic E-state index is 0.261. The Bertz CT molecular complexity index is 597. The molecule has 6 nitrogen and oxygen atoms in total. The van der Waals surface area contributed by atoms with Crippen molar-refractivity contribution in [3.8, 4) is 5.75 Å². The summed E-state index contributed by atoms with van der Waals surface area (Å²) in [5, 5.41) is 12.6. The molecule has 0 aliphatic heterocycles. The van der Waals surface area contributed by atoms with Crippen LogP contribution in [0.15, 0.2) is 18.2 Å². The first-order valence-corrected chi connectivity index (χ1v) is 7.99. The lowest BCUT2D eigenvalue weighted by Gasteiger charge is -2.22. The first kappa shape index (κ1) is 20.3. The third-order valence-electron chi connectivity index (χ3n) is 2.91. The number of aryl methyl sites for hydroxylation is 1. The Morgan fingerprint density at radius 2 is 1.96 bits per heavy atom. The smallest absolute Gasteiger partial charge is 0.337 e. The number of amides is 1. The van der Waals surface area contributed by atoms with Crippen LogP contribution in [0, 0.1) is 6.92 Å². The van der Waals surface area contributed by atoms with Crippen molar-refractivity contribution in [3.63, 3.8) is 0 Å². The molecule has 24 heavy (non-hydrogen) atoms. The van der Waals surface area contributed by atoms with Crippen LogP contribution in [0.25, 0.3) is 0 Å². The summed E-state index contributed by atoms with van der Waals surface area (Å²) < 4.78 is 10.5. The van der Waals surface area contributed by atoms with Crippen molar-refractivity contribution in [1.82, 2.24) is 5.32 Å². The van der Waals surface area contributed by atoms with Gasteiger partial charge < -0.3 is 19.9 Å². The molecule has 0 aliphatic carbocycles. The maximum atomic E-state index is 12.0. The van der Waals surface area contributed by atoms with Gasteiger partial charge in [0.1, 0.15) is 11.4 Å². The molecule has 0 radical (unpaired) electrons. The zero-order valence-electron chi connectivity index (χ0n) is 14.6. The Morgan fingerprint density at radius 1 is 1.33 bits per heavy atom. The lowest BCUT2D eigenvalue weighted by Crippen LogP contribution is -2.44. The maximum Gasteiger partial charge on any atom is 0.337 e. The Kier molecular flexibility index (Phi) is 7.05. The summed E-state index contributed by atoms with van der Waals surface area (Å²) >= 11 is 6.02. The normalized spacial score (nSPS) is 13.8. The molecular weight excluding hydrogens is 334 g/mol. The van der Waals surface area contributed by atoms with Gasteiger partial charge in [0.25, 0.3) is 5.91 Å². The predicted molar refractivity (Wildman–Crippen MR) is 91.1 cm³/mol. The van der Waals surface area contributed by atoms with Crippen molar-refractivity contribution in [2.75, 3.05) is 6.54 Å². The number of carbonyl (C=O) groups excluding carboxylic acids is 2. The van der Waals surface area contributed by atoms with Crippen LogP contribution in [-0.2, 0) is 14.3 Å². The van der Waals surface area contributed by atoms with Gasteiger partial charge in [-0.2, -0.15) is 0 Å². The number of rotatable bonds is 6. The molecule has 1 amide bonds. The van der Waals surface area contributed by atoms with E-state index in [4.69, 9.17) is 21.1 Å². The van der Waals surface area contributed by atoms with E-state index in [9.17, 15) is 14.7 Å². The minimum atomic E-state index is -1.44. The summed E-state index contributed by atoms with van der Waals surface area (Å²) in [4.78, 5) is 23.7. The second-order valence-corrected chi connectivity index (χ2v) is 6.90. The van der Waals surface area contributed by atoms with E-state index < -0.39 is 29.7 Å². The zero-order chi connectivity index (χ0) is 18.5. The quantitative estimate of drug-likeness (QED) is 0.763. The van der Waals surface area contributed by atoms with Gasteiger partial charge in [0.2, 0.25) is 0 Å². The van der Waals surface area contributed by atoms with E-state index >= 15 is 0 Å². The van der Waals surface area contributed by atoms with E-state index in [0.29, 0.717) is 10.8 Å². The molecular formula is C17H24ClNO5. The van der Waals surface area contributed by atoms with Crippen LogP contribution in [0.1, 0.15) is 33.3 Å². The van der Waals surface area contributed by atoms with E-state index in [1.165, 1.54) is 0 Å². The van der Waals surface area contributed by atoms with Gasteiger partial charge in [-0.25, -0.2) is 4.79 Å². The number of carbonyl (C=O) groups is 2. The highest BCUT2D eigenvalue weighted by atomic mass is 35.5. The fraction of sp³-hybridized carbons (Fsp3) is 0.529. The highest BCUT2D eigenvalue weighted by Gasteiger charge is 2.25. The average molecular weight is 358 g/mol. The number of hydrogen-bond donors (Lipinski definition) is 2. The van der Waals surface area contributed by atoms with Crippen molar-refractivity contribution < 1.29 is 24.2 Å². The molecule has 1 aromatic carbocycles. The number of aliphatic hydroxyl groups excluding tert-OH is 1. The molecule has 0 spiro atoms. The van der Waals surface area contributed by atoms with E-state index in [-0.39, 0.29) is 6.54 Å².